The maximum absolute atomic E-state index is 12.0. The highest BCUT2D eigenvalue weighted by Crippen LogP contribution is 2.26. The van der Waals surface area contributed by atoms with Crippen LogP contribution in [0.25, 0.3) is 23.1 Å². The molecular weight excluding hydrogens is 314 g/mol. The van der Waals surface area contributed by atoms with Gasteiger partial charge in [-0.2, -0.15) is 0 Å². The number of para-hydroxylation sites is 1. The van der Waals surface area contributed by atoms with Gasteiger partial charge in [-0.1, -0.05) is 30.3 Å². The Bertz CT molecular complexity index is 974. The molecule has 2 aromatic carbocycles. The number of benzene rings is 2. The van der Waals surface area contributed by atoms with Crippen molar-refractivity contribution in [3.05, 3.63) is 78.0 Å². The van der Waals surface area contributed by atoms with E-state index in [0.29, 0.717) is 5.75 Å². The van der Waals surface area contributed by atoms with E-state index in [1.54, 1.807) is 30.5 Å². The van der Waals surface area contributed by atoms with Gasteiger partial charge in [0, 0.05) is 11.6 Å². The molecule has 3 rings (SSSR count). The second-order valence-electron chi connectivity index (χ2n) is 5.46. The number of carbonyl (C=O) groups excluding carboxylic acids is 1. The smallest absolute Gasteiger partial charge is 0.178 e. The molecule has 0 saturated carbocycles. The first-order chi connectivity index (χ1) is 12.2. The first kappa shape index (κ1) is 16.5. The summed E-state index contributed by atoms with van der Waals surface area (Å²) in [5.41, 5.74) is 2.56. The number of hydrogen-bond donors (Lipinski definition) is 1. The van der Waals surface area contributed by atoms with E-state index in [1.807, 2.05) is 30.3 Å². The van der Waals surface area contributed by atoms with Crippen molar-refractivity contribution in [1.82, 2.24) is 4.98 Å². The van der Waals surface area contributed by atoms with E-state index in [4.69, 9.17) is 4.74 Å². The minimum Gasteiger partial charge on any atom is -0.504 e. The second-order valence-corrected chi connectivity index (χ2v) is 5.46. The number of pyridine rings is 1. The highest BCUT2D eigenvalue weighted by molar-refractivity contribution is 6.04. The van der Waals surface area contributed by atoms with Crippen LogP contribution in [-0.2, 0) is 4.79 Å². The summed E-state index contributed by atoms with van der Waals surface area (Å²) in [6, 6.07) is 14.7. The molecule has 0 radical (unpaired) electrons. The van der Waals surface area contributed by atoms with Crippen LogP contribution in [0.5, 0.6) is 11.5 Å². The Labute approximate surface area is 145 Å². The van der Waals surface area contributed by atoms with Gasteiger partial charge in [0.1, 0.15) is 0 Å². The van der Waals surface area contributed by atoms with Crippen LogP contribution in [0.3, 0.4) is 0 Å². The molecule has 4 nitrogen and oxygen atoms in total. The normalized spacial score (nSPS) is 11.4. The number of aromatic hydroxyl groups is 1. The monoisotopic (exact) mass is 331 g/mol. The minimum atomic E-state index is -0.139. The van der Waals surface area contributed by atoms with Gasteiger partial charge < -0.3 is 9.84 Å². The molecule has 0 spiro atoms. The number of rotatable bonds is 5. The number of aromatic nitrogens is 1. The van der Waals surface area contributed by atoms with Crippen molar-refractivity contribution in [1.29, 1.82) is 0 Å². The predicted octanol–water partition coefficient (Wildman–Crippen LogP) is 4.24. The summed E-state index contributed by atoms with van der Waals surface area (Å²) in [5.74, 6) is 0.294. The van der Waals surface area contributed by atoms with E-state index in [-0.39, 0.29) is 11.5 Å². The van der Waals surface area contributed by atoms with Gasteiger partial charge in [-0.15, -0.1) is 0 Å². The van der Waals surface area contributed by atoms with Crippen LogP contribution < -0.4 is 4.74 Å². The van der Waals surface area contributed by atoms with Crippen molar-refractivity contribution >= 4 is 28.8 Å². The fraction of sp³-hybridized carbons (Fsp3) is 0.0476. The average Bonchev–Trinajstić information content (AvgIpc) is 2.65. The Hall–Kier alpha value is -3.40. The number of phenols is 1. The summed E-state index contributed by atoms with van der Waals surface area (Å²) in [7, 11) is 1.48. The predicted molar refractivity (Wildman–Crippen MR) is 99.5 cm³/mol. The van der Waals surface area contributed by atoms with E-state index in [9.17, 15) is 9.90 Å². The van der Waals surface area contributed by atoms with E-state index in [1.165, 1.54) is 25.3 Å². The molecule has 25 heavy (non-hydrogen) atoms. The van der Waals surface area contributed by atoms with Gasteiger partial charge in [-0.05, 0) is 53.6 Å². The van der Waals surface area contributed by atoms with Crippen molar-refractivity contribution < 1.29 is 14.6 Å². The van der Waals surface area contributed by atoms with Gasteiger partial charge in [0.2, 0.25) is 0 Å². The summed E-state index contributed by atoms with van der Waals surface area (Å²) in [6.07, 6.45) is 8.12. The molecule has 0 saturated heterocycles. The SMILES string of the molecule is COc1cc(/C=C/C(=O)/C=C/c2cnc3ccccc3c2)ccc1O. The van der Waals surface area contributed by atoms with Crippen molar-refractivity contribution in [3.8, 4) is 11.5 Å². The summed E-state index contributed by atoms with van der Waals surface area (Å²) in [6.45, 7) is 0. The lowest BCUT2D eigenvalue weighted by atomic mass is 10.1. The Morgan fingerprint density at radius 1 is 1.04 bits per heavy atom. The third kappa shape index (κ3) is 4.12. The molecular formula is C21H17NO3. The number of phenolic OH excluding ortho intramolecular Hbond substituents is 1. The van der Waals surface area contributed by atoms with E-state index >= 15 is 0 Å². The molecule has 0 fully saturated rings. The zero-order chi connectivity index (χ0) is 17.6. The standard InChI is InChI=1S/C21H17NO3/c1-25-21-13-15(8-11-20(21)24)6-9-18(23)10-7-16-12-17-4-2-3-5-19(17)22-14-16/h2-14,24H,1H3/b9-6+,10-7+. The van der Waals surface area contributed by atoms with Gasteiger partial charge in [-0.25, -0.2) is 0 Å². The van der Waals surface area contributed by atoms with Crippen LogP contribution in [0, 0.1) is 0 Å². The Balaban J connectivity index is 1.71. The van der Waals surface area contributed by atoms with E-state index < -0.39 is 0 Å². The maximum atomic E-state index is 12.0. The molecule has 0 bridgehead atoms. The van der Waals surface area contributed by atoms with Crippen molar-refractivity contribution in [2.45, 2.75) is 0 Å². The van der Waals surface area contributed by atoms with Crippen LogP contribution in [0.15, 0.2) is 66.9 Å². The number of carbonyl (C=O) groups is 1. The maximum Gasteiger partial charge on any atom is 0.178 e. The quantitative estimate of drug-likeness (QED) is 0.710. The molecule has 0 aliphatic rings. The van der Waals surface area contributed by atoms with Crippen LogP contribution in [0.1, 0.15) is 11.1 Å². The van der Waals surface area contributed by atoms with Crippen molar-refractivity contribution in [2.24, 2.45) is 0 Å². The van der Waals surface area contributed by atoms with Crippen LogP contribution in [0.2, 0.25) is 0 Å². The number of allylic oxidation sites excluding steroid dienone is 2. The van der Waals surface area contributed by atoms with Crippen molar-refractivity contribution in [3.63, 3.8) is 0 Å². The molecule has 124 valence electrons. The fourth-order valence-corrected chi connectivity index (χ4v) is 2.39. The molecule has 0 unspecified atom stereocenters. The summed E-state index contributed by atoms with van der Waals surface area (Å²) in [4.78, 5) is 16.4. The molecule has 1 aromatic heterocycles. The third-order valence-electron chi connectivity index (χ3n) is 3.70. The number of nitrogens with zero attached hydrogens (tertiary/aromatic N) is 1. The summed E-state index contributed by atoms with van der Waals surface area (Å²) in [5, 5.41) is 10.6. The number of hydrogen-bond acceptors (Lipinski definition) is 4. The lowest BCUT2D eigenvalue weighted by Crippen LogP contribution is -1.87. The highest BCUT2D eigenvalue weighted by atomic mass is 16.5. The van der Waals surface area contributed by atoms with E-state index in [2.05, 4.69) is 4.98 Å². The number of fused-ring (bicyclic) bond motifs is 1. The van der Waals surface area contributed by atoms with Crippen LogP contribution >= 0.6 is 0 Å². The molecule has 0 atom stereocenters. The summed E-state index contributed by atoms with van der Waals surface area (Å²) >= 11 is 0. The second kappa shape index (κ2) is 7.45. The lowest BCUT2D eigenvalue weighted by molar-refractivity contribution is -0.110. The molecule has 1 heterocycles. The van der Waals surface area contributed by atoms with Crippen molar-refractivity contribution in [2.75, 3.05) is 7.11 Å². The summed E-state index contributed by atoms with van der Waals surface area (Å²) < 4.78 is 5.04. The van der Waals surface area contributed by atoms with Crippen LogP contribution in [0.4, 0.5) is 0 Å². The third-order valence-corrected chi connectivity index (χ3v) is 3.70. The fourth-order valence-electron chi connectivity index (χ4n) is 2.39. The minimum absolute atomic E-state index is 0.0645. The number of methoxy groups -OCH3 is 1. The average molecular weight is 331 g/mol. The molecule has 3 aromatic rings. The first-order valence-electron chi connectivity index (χ1n) is 7.77. The van der Waals surface area contributed by atoms with Gasteiger partial charge in [0.05, 0.1) is 12.6 Å². The Kier molecular flexibility index (Phi) is 4.90. The van der Waals surface area contributed by atoms with Crippen LogP contribution in [-0.4, -0.2) is 23.0 Å². The molecule has 4 heteroatoms. The zero-order valence-electron chi connectivity index (χ0n) is 13.7. The molecule has 0 aliphatic carbocycles. The van der Waals surface area contributed by atoms with Gasteiger partial charge >= 0.3 is 0 Å². The topological polar surface area (TPSA) is 59.4 Å². The first-order valence-corrected chi connectivity index (χ1v) is 7.77. The largest absolute Gasteiger partial charge is 0.504 e. The Morgan fingerprint density at radius 3 is 2.60 bits per heavy atom. The lowest BCUT2D eigenvalue weighted by Gasteiger charge is -2.03. The highest BCUT2D eigenvalue weighted by Gasteiger charge is 2.01. The molecule has 0 amide bonds. The van der Waals surface area contributed by atoms with Gasteiger partial charge in [0.15, 0.2) is 17.3 Å². The van der Waals surface area contributed by atoms with Gasteiger partial charge in [-0.3, -0.25) is 9.78 Å². The number of ether oxygens (including phenoxy) is 1. The Morgan fingerprint density at radius 2 is 1.80 bits per heavy atom. The van der Waals surface area contributed by atoms with E-state index in [0.717, 1.165) is 22.0 Å². The number of ketones is 1. The zero-order valence-corrected chi connectivity index (χ0v) is 13.7. The molecule has 1 N–H and O–H groups in total. The van der Waals surface area contributed by atoms with Gasteiger partial charge in [0.25, 0.3) is 0 Å². The molecule has 0 aliphatic heterocycles.